The summed E-state index contributed by atoms with van der Waals surface area (Å²) in [5, 5.41) is 8.67. The zero-order valence-electron chi connectivity index (χ0n) is 5.97. The first-order chi connectivity index (χ1) is 5.06. The number of hydrogen-bond acceptors (Lipinski definition) is 2. The first-order valence-corrected chi connectivity index (χ1v) is 4.73. The summed E-state index contributed by atoms with van der Waals surface area (Å²) < 4.78 is 14.2. The fourth-order valence-corrected chi connectivity index (χ4v) is 2.09. The van der Waals surface area contributed by atoms with Gasteiger partial charge in [-0.25, -0.2) is 4.39 Å². The Morgan fingerprint density at radius 2 is 2.36 bits per heavy atom. The van der Waals surface area contributed by atoms with Crippen molar-refractivity contribution in [1.82, 2.24) is 0 Å². The van der Waals surface area contributed by atoms with Gasteiger partial charge in [-0.1, -0.05) is 0 Å². The topological polar surface area (TPSA) is 20.2 Å². The molecule has 1 rings (SSSR count). The minimum absolute atomic E-state index is 0.472. The lowest BCUT2D eigenvalue weighted by atomic mass is 10.1. The fourth-order valence-electron chi connectivity index (χ4n) is 0.672. The van der Waals surface area contributed by atoms with E-state index < -0.39 is 12.3 Å². The molecule has 1 unspecified atom stereocenters. The van der Waals surface area contributed by atoms with Crippen molar-refractivity contribution in [2.24, 2.45) is 0 Å². The standard InChI is InChI=1S/C7H8BrFOS/c1-7(9,4-10)5-2-3-6(8)11-5/h2-3,10H,4H2,1H3. The number of aliphatic hydroxyl groups is 1. The van der Waals surface area contributed by atoms with Gasteiger partial charge in [-0.05, 0) is 35.0 Å². The molecule has 0 aliphatic carbocycles. The quantitative estimate of drug-likeness (QED) is 0.841. The summed E-state index contributed by atoms with van der Waals surface area (Å²) in [6.45, 7) is 0.894. The number of thiophene rings is 1. The SMILES string of the molecule is CC(F)(CO)c1ccc(Br)s1. The Balaban J connectivity index is 2.92. The highest BCUT2D eigenvalue weighted by atomic mass is 79.9. The summed E-state index contributed by atoms with van der Waals surface area (Å²) >= 11 is 4.52. The van der Waals surface area contributed by atoms with E-state index in [1.54, 1.807) is 12.1 Å². The second-order valence-electron chi connectivity index (χ2n) is 2.46. The van der Waals surface area contributed by atoms with Gasteiger partial charge in [-0.3, -0.25) is 0 Å². The molecule has 11 heavy (non-hydrogen) atoms. The molecule has 0 amide bonds. The van der Waals surface area contributed by atoms with Crippen molar-refractivity contribution < 1.29 is 9.50 Å². The molecule has 1 N–H and O–H groups in total. The van der Waals surface area contributed by atoms with Crippen LogP contribution in [0.4, 0.5) is 4.39 Å². The maximum absolute atomic E-state index is 13.3. The smallest absolute Gasteiger partial charge is 0.165 e. The number of rotatable bonds is 2. The van der Waals surface area contributed by atoms with Gasteiger partial charge < -0.3 is 5.11 Å². The van der Waals surface area contributed by atoms with E-state index in [4.69, 9.17) is 5.11 Å². The predicted octanol–water partition coefficient (Wildman–Crippen LogP) is 2.69. The average molecular weight is 239 g/mol. The Hall–Kier alpha value is 0.0700. The first-order valence-electron chi connectivity index (χ1n) is 3.12. The highest BCUT2D eigenvalue weighted by Crippen LogP contribution is 2.33. The highest BCUT2D eigenvalue weighted by Gasteiger charge is 2.26. The van der Waals surface area contributed by atoms with Gasteiger partial charge in [0.2, 0.25) is 0 Å². The van der Waals surface area contributed by atoms with Crippen LogP contribution in [-0.4, -0.2) is 11.7 Å². The van der Waals surface area contributed by atoms with Crippen LogP contribution in [-0.2, 0) is 5.67 Å². The first kappa shape index (κ1) is 9.16. The van der Waals surface area contributed by atoms with E-state index in [0.29, 0.717) is 4.88 Å². The summed E-state index contributed by atoms with van der Waals surface area (Å²) in [5.41, 5.74) is -1.60. The molecule has 0 aliphatic heterocycles. The second kappa shape index (κ2) is 3.21. The molecule has 0 saturated carbocycles. The molecule has 0 saturated heterocycles. The molecule has 1 aromatic rings. The van der Waals surface area contributed by atoms with Gasteiger partial charge in [-0.15, -0.1) is 11.3 Å². The summed E-state index contributed by atoms with van der Waals surface area (Å²) in [5.74, 6) is 0. The summed E-state index contributed by atoms with van der Waals surface area (Å²) in [4.78, 5) is 0.548. The van der Waals surface area contributed by atoms with E-state index in [9.17, 15) is 4.39 Å². The molecule has 0 fully saturated rings. The Morgan fingerprint density at radius 1 is 1.73 bits per heavy atom. The van der Waals surface area contributed by atoms with Gasteiger partial charge in [0.1, 0.15) is 0 Å². The van der Waals surface area contributed by atoms with Crippen molar-refractivity contribution in [2.45, 2.75) is 12.6 Å². The largest absolute Gasteiger partial charge is 0.393 e. The van der Waals surface area contributed by atoms with E-state index in [-0.39, 0.29) is 0 Å². The molecule has 1 nitrogen and oxygen atoms in total. The Labute approximate surface area is 77.0 Å². The Bertz CT molecular complexity index is 246. The third-order valence-electron chi connectivity index (χ3n) is 1.38. The van der Waals surface area contributed by atoms with Crippen LogP contribution < -0.4 is 0 Å². The van der Waals surface area contributed by atoms with Gasteiger partial charge in [-0.2, -0.15) is 0 Å². The lowest BCUT2D eigenvalue weighted by Gasteiger charge is -2.14. The van der Waals surface area contributed by atoms with Crippen LogP contribution >= 0.6 is 27.3 Å². The van der Waals surface area contributed by atoms with Crippen LogP contribution in [0.15, 0.2) is 15.9 Å². The summed E-state index contributed by atoms with van der Waals surface area (Å²) in [6, 6.07) is 3.44. The average Bonchev–Trinajstić information content (AvgIpc) is 2.36. The molecule has 1 aromatic heterocycles. The Morgan fingerprint density at radius 3 is 2.73 bits per heavy atom. The fraction of sp³-hybridized carbons (Fsp3) is 0.429. The van der Waals surface area contributed by atoms with E-state index in [0.717, 1.165) is 3.79 Å². The minimum atomic E-state index is -1.60. The zero-order chi connectivity index (χ0) is 8.48. The van der Waals surface area contributed by atoms with E-state index >= 15 is 0 Å². The molecule has 62 valence electrons. The highest BCUT2D eigenvalue weighted by molar-refractivity contribution is 9.11. The monoisotopic (exact) mass is 238 g/mol. The van der Waals surface area contributed by atoms with Crippen LogP contribution in [0.2, 0.25) is 0 Å². The van der Waals surface area contributed by atoms with Crippen LogP contribution in [0.5, 0.6) is 0 Å². The van der Waals surface area contributed by atoms with E-state index in [1.807, 2.05) is 0 Å². The zero-order valence-corrected chi connectivity index (χ0v) is 8.38. The van der Waals surface area contributed by atoms with Crippen molar-refractivity contribution in [3.63, 3.8) is 0 Å². The van der Waals surface area contributed by atoms with Gasteiger partial charge in [0.15, 0.2) is 5.67 Å². The van der Waals surface area contributed by atoms with Crippen LogP contribution in [0.25, 0.3) is 0 Å². The molecule has 4 heteroatoms. The summed E-state index contributed by atoms with van der Waals surface area (Å²) in [6.07, 6.45) is 0. The molecular formula is C7H8BrFOS. The van der Waals surface area contributed by atoms with Crippen LogP contribution in [0, 0.1) is 0 Å². The van der Waals surface area contributed by atoms with Crippen molar-refractivity contribution in [3.05, 3.63) is 20.8 Å². The third-order valence-corrected chi connectivity index (χ3v) is 3.25. The van der Waals surface area contributed by atoms with Gasteiger partial charge >= 0.3 is 0 Å². The molecule has 0 aliphatic rings. The second-order valence-corrected chi connectivity index (χ2v) is 4.92. The molecular weight excluding hydrogens is 231 g/mol. The van der Waals surface area contributed by atoms with E-state index in [1.165, 1.54) is 18.3 Å². The van der Waals surface area contributed by atoms with Crippen LogP contribution in [0.1, 0.15) is 11.8 Å². The predicted molar refractivity (Wildman–Crippen MR) is 47.6 cm³/mol. The number of halogens is 2. The molecule has 0 spiro atoms. The summed E-state index contributed by atoms with van der Waals surface area (Å²) in [7, 11) is 0. The van der Waals surface area contributed by atoms with Gasteiger partial charge in [0, 0.05) is 4.88 Å². The molecule has 1 heterocycles. The molecule has 0 radical (unpaired) electrons. The number of aliphatic hydroxyl groups excluding tert-OH is 1. The normalized spacial score (nSPS) is 16.4. The number of hydrogen-bond donors (Lipinski definition) is 1. The maximum Gasteiger partial charge on any atom is 0.165 e. The van der Waals surface area contributed by atoms with Crippen molar-refractivity contribution in [3.8, 4) is 0 Å². The molecule has 1 atom stereocenters. The van der Waals surface area contributed by atoms with Crippen LogP contribution in [0.3, 0.4) is 0 Å². The molecule has 0 aromatic carbocycles. The lowest BCUT2D eigenvalue weighted by molar-refractivity contribution is 0.0901. The molecule has 0 bridgehead atoms. The van der Waals surface area contributed by atoms with Gasteiger partial charge in [0.05, 0.1) is 10.4 Å². The number of alkyl halides is 1. The Kier molecular flexibility index (Phi) is 2.67. The van der Waals surface area contributed by atoms with E-state index in [2.05, 4.69) is 15.9 Å². The van der Waals surface area contributed by atoms with Gasteiger partial charge in [0.25, 0.3) is 0 Å². The third kappa shape index (κ3) is 2.01. The minimum Gasteiger partial charge on any atom is -0.393 e. The lowest BCUT2D eigenvalue weighted by Crippen LogP contribution is -2.18. The maximum atomic E-state index is 13.3. The van der Waals surface area contributed by atoms with Crippen molar-refractivity contribution in [2.75, 3.05) is 6.61 Å². The van der Waals surface area contributed by atoms with Crippen molar-refractivity contribution in [1.29, 1.82) is 0 Å². The van der Waals surface area contributed by atoms with Crippen molar-refractivity contribution >= 4 is 27.3 Å².